The standard InChI is InChI=1S/C22H20FNO2/c1-13-4-2-3-5-17(13)18-12-21(26)24-19-10-15(11-20(25)22(18)19)14-6-8-16(23)9-7-14/h2-9,15,18H,10-12H2,1H3,(H,24,26)/t15-,18+/m0/s1. The average Bonchev–Trinajstić information content (AvgIpc) is 2.61. The number of Topliss-reactive ketones (excluding diaryl/α,β-unsaturated/α-hetero) is 1. The van der Waals surface area contributed by atoms with Gasteiger partial charge in [-0.25, -0.2) is 4.39 Å². The molecule has 2 atom stereocenters. The highest BCUT2D eigenvalue weighted by Gasteiger charge is 2.38. The van der Waals surface area contributed by atoms with Crippen LogP contribution >= 0.6 is 0 Å². The van der Waals surface area contributed by atoms with Crippen LogP contribution in [0.2, 0.25) is 0 Å². The van der Waals surface area contributed by atoms with E-state index in [0.717, 1.165) is 28.0 Å². The van der Waals surface area contributed by atoms with Gasteiger partial charge in [-0.3, -0.25) is 9.59 Å². The van der Waals surface area contributed by atoms with E-state index in [1.807, 2.05) is 31.2 Å². The van der Waals surface area contributed by atoms with E-state index in [4.69, 9.17) is 0 Å². The van der Waals surface area contributed by atoms with E-state index in [9.17, 15) is 14.0 Å². The normalized spacial score (nSPS) is 22.8. The zero-order valence-corrected chi connectivity index (χ0v) is 14.6. The Morgan fingerprint density at radius 1 is 0.962 bits per heavy atom. The number of amides is 1. The van der Waals surface area contributed by atoms with Gasteiger partial charge < -0.3 is 5.32 Å². The molecule has 0 radical (unpaired) electrons. The molecule has 0 unspecified atom stereocenters. The Balaban J connectivity index is 1.73. The SMILES string of the molecule is Cc1ccccc1[C@H]1CC(=O)NC2=C1C(=O)C[C@@H](c1ccc(F)cc1)C2. The summed E-state index contributed by atoms with van der Waals surface area (Å²) in [6, 6.07) is 14.2. The first kappa shape index (κ1) is 16.7. The number of halogens is 1. The fourth-order valence-electron chi connectivity index (χ4n) is 4.17. The number of ketones is 1. The van der Waals surface area contributed by atoms with Gasteiger partial charge in [0, 0.05) is 30.0 Å². The molecule has 4 rings (SSSR count). The molecule has 4 heteroatoms. The van der Waals surface area contributed by atoms with Crippen LogP contribution < -0.4 is 5.32 Å². The van der Waals surface area contributed by atoms with Crippen LogP contribution in [0.15, 0.2) is 59.8 Å². The third-order valence-electron chi connectivity index (χ3n) is 5.44. The van der Waals surface area contributed by atoms with E-state index in [2.05, 4.69) is 5.32 Å². The molecule has 132 valence electrons. The number of carbonyl (C=O) groups is 2. The van der Waals surface area contributed by atoms with Crippen molar-refractivity contribution in [2.24, 2.45) is 0 Å². The molecule has 0 saturated heterocycles. The summed E-state index contributed by atoms with van der Waals surface area (Å²) in [7, 11) is 0. The van der Waals surface area contributed by atoms with Crippen LogP contribution in [0.25, 0.3) is 0 Å². The lowest BCUT2D eigenvalue weighted by Crippen LogP contribution is -2.38. The number of hydrogen-bond donors (Lipinski definition) is 1. The minimum Gasteiger partial charge on any atom is -0.329 e. The van der Waals surface area contributed by atoms with Crippen molar-refractivity contribution in [3.8, 4) is 0 Å². The highest BCUT2D eigenvalue weighted by atomic mass is 19.1. The molecule has 3 nitrogen and oxygen atoms in total. The van der Waals surface area contributed by atoms with E-state index in [-0.39, 0.29) is 29.3 Å². The molecule has 1 aliphatic carbocycles. The summed E-state index contributed by atoms with van der Waals surface area (Å²) in [4.78, 5) is 25.3. The fourth-order valence-corrected chi connectivity index (χ4v) is 4.17. The second-order valence-corrected chi connectivity index (χ2v) is 7.13. The minimum atomic E-state index is -0.290. The largest absolute Gasteiger partial charge is 0.329 e. The maximum Gasteiger partial charge on any atom is 0.225 e. The summed E-state index contributed by atoms with van der Waals surface area (Å²) in [5.74, 6) is -0.473. The Morgan fingerprint density at radius 3 is 2.42 bits per heavy atom. The predicted molar refractivity (Wildman–Crippen MR) is 97.1 cm³/mol. The average molecular weight is 349 g/mol. The Morgan fingerprint density at radius 2 is 1.69 bits per heavy atom. The van der Waals surface area contributed by atoms with Crippen LogP contribution in [0.5, 0.6) is 0 Å². The van der Waals surface area contributed by atoms with Gasteiger partial charge in [0.1, 0.15) is 5.82 Å². The number of benzene rings is 2. The lowest BCUT2D eigenvalue weighted by molar-refractivity contribution is -0.122. The lowest BCUT2D eigenvalue weighted by atomic mass is 9.73. The van der Waals surface area contributed by atoms with Crippen LogP contribution in [-0.2, 0) is 9.59 Å². The molecule has 0 aromatic heterocycles. The van der Waals surface area contributed by atoms with E-state index in [0.29, 0.717) is 19.3 Å². The molecule has 1 N–H and O–H groups in total. The van der Waals surface area contributed by atoms with Crippen LogP contribution in [0, 0.1) is 12.7 Å². The number of rotatable bonds is 2. The summed E-state index contributed by atoms with van der Waals surface area (Å²) in [5, 5.41) is 2.92. The number of carbonyl (C=O) groups excluding carboxylic acids is 2. The number of nitrogens with one attached hydrogen (secondary N) is 1. The summed E-state index contributed by atoms with van der Waals surface area (Å²) in [6.45, 7) is 2.01. The van der Waals surface area contributed by atoms with E-state index < -0.39 is 0 Å². The zero-order valence-electron chi connectivity index (χ0n) is 14.6. The molecule has 0 bridgehead atoms. The van der Waals surface area contributed by atoms with Gasteiger partial charge in [-0.15, -0.1) is 0 Å². The van der Waals surface area contributed by atoms with Crippen LogP contribution in [-0.4, -0.2) is 11.7 Å². The molecule has 1 heterocycles. The van der Waals surface area contributed by atoms with Crippen molar-refractivity contribution in [2.75, 3.05) is 0 Å². The van der Waals surface area contributed by atoms with Crippen molar-refractivity contribution in [1.29, 1.82) is 0 Å². The number of hydrogen-bond acceptors (Lipinski definition) is 2. The number of aryl methyl sites for hydroxylation is 1. The van der Waals surface area contributed by atoms with E-state index in [1.165, 1.54) is 12.1 Å². The first-order valence-corrected chi connectivity index (χ1v) is 8.90. The molecule has 0 fully saturated rings. The second-order valence-electron chi connectivity index (χ2n) is 7.13. The zero-order chi connectivity index (χ0) is 18.3. The first-order chi connectivity index (χ1) is 12.5. The van der Waals surface area contributed by atoms with E-state index >= 15 is 0 Å². The third kappa shape index (κ3) is 2.96. The first-order valence-electron chi connectivity index (χ1n) is 8.90. The topological polar surface area (TPSA) is 46.2 Å². The maximum absolute atomic E-state index is 13.2. The molecule has 26 heavy (non-hydrogen) atoms. The summed E-state index contributed by atoms with van der Waals surface area (Å²) in [6.07, 6.45) is 1.29. The van der Waals surface area contributed by atoms with Crippen molar-refractivity contribution >= 4 is 11.7 Å². The highest BCUT2D eigenvalue weighted by molar-refractivity contribution is 6.02. The van der Waals surface area contributed by atoms with Gasteiger partial charge in [-0.1, -0.05) is 36.4 Å². The van der Waals surface area contributed by atoms with E-state index in [1.54, 1.807) is 12.1 Å². The smallest absolute Gasteiger partial charge is 0.225 e. The molecular weight excluding hydrogens is 329 g/mol. The fraction of sp³-hybridized carbons (Fsp3) is 0.273. The Hall–Kier alpha value is -2.75. The van der Waals surface area contributed by atoms with Crippen LogP contribution in [0.4, 0.5) is 4.39 Å². The van der Waals surface area contributed by atoms with Crippen molar-refractivity contribution in [3.05, 3.63) is 82.3 Å². The lowest BCUT2D eigenvalue weighted by Gasteiger charge is -2.35. The third-order valence-corrected chi connectivity index (χ3v) is 5.44. The van der Waals surface area contributed by atoms with Gasteiger partial charge in [0.2, 0.25) is 5.91 Å². The second kappa shape index (κ2) is 6.52. The Labute approximate surface area is 151 Å². The molecule has 2 aromatic carbocycles. The van der Waals surface area contributed by atoms with Gasteiger partial charge in [0.15, 0.2) is 5.78 Å². The molecule has 0 saturated carbocycles. The van der Waals surface area contributed by atoms with Crippen molar-refractivity contribution in [3.63, 3.8) is 0 Å². The van der Waals surface area contributed by atoms with Gasteiger partial charge in [0.05, 0.1) is 0 Å². The van der Waals surface area contributed by atoms with Crippen molar-refractivity contribution in [1.82, 2.24) is 5.32 Å². The molecule has 1 aliphatic heterocycles. The number of allylic oxidation sites excluding steroid dienone is 2. The molecule has 0 spiro atoms. The predicted octanol–water partition coefficient (Wildman–Crippen LogP) is 4.14. The van der Waals surface area contributed by atoms with Gasteiger partial charge in [-0.2, -0.15) is 0 Å². The quantitative estimate of drug-likeness (QED) is 0.886. The summed E-state index contributed by atoms with van der Waals surface area (Å²) in [5.41, 5.74) is 4.55. The van der Waals surface area contributed by atoms with Crippen molar-refractivity contribution < 1.29 is 14.0 Å². The highest BCUT2D eigenvalue weighted by Crippen LogP contribution is 2.43. The minimum absolute atomic E-state index is 0.0298. The van der Waals surface area contributed by atoms with Crippen LogP contribution in [0.1, 0.15) is 47.8 Å². The molecule has 2 aromatic rings. The monoisotopic (exact) mass is 349 g/mol. The van der Waals surface area contributed by atoms with Gasteiger partial charge >= 0.3 is 0 Å². The summed E-state index contributed by atoms with van der Waals surface area (Å²) >= 11 is 0. The van der Waals surface area contributed by atoms with Gasteiger partial charge in [-0.05, 0) is 48.1 Å². The van der Waals surface area contributed by atoms with Gasteiger partial charge in [0.25, 0.3) is 0 Å². The molecule has 2 aliphatic rings. The van der Waals surface area contributed by atoms with Crippen molar-refractivity contribution in [2.45, 2.75) is 38.0 Å². The Bertz CT molecular complexity index is 914. The maximum atomic E-state index is 13.2. The molecule has 1 amide bonds. The summed E-state index contributed by atoms with van der Waals surface area (Å²) < 4.78 is 13.2. The Kier molecular flexibility index (Phi) is 4.19. The van der Waals surface area contributed by atoms with Crippen LogP contribution in [0.3, 0.4) is 0 Å². The molecular formula is C22H20FNO2.